The summed E-state index contributed by atoms with van der Waals surface area (Å²) in [5, 5.41) is 7.60. The smallest absolute Gasteiger partial charge is 0.257 e. The lowest BCUT2D eigenvalue weighted by Crippen LogP contribution is -2.13. The number of hydrogen-bond acceptors (Lipinski definition) is 4. The van der Waals surface area contributed by atoms with Crippen molar-refractivity contribution < 1.29 is 9.59 Å². The number of carbonyl (C=O) groups excluding carboxylic acids is 2. The first-order chi connectivity index (χ1) is 9.58. The second-order valence-electron chi connectivity index (χ2n) is 3.99. The van der Waals surface area contributed by atoms with E-state index in [1.807, 2.05) is 0 Å². The molecule has 1 heterocycles. The molecule has 0 atom stereocenters. The number of carbonyl (C=O) groups is 2. The lowest BCUT2D eigenvalue weighted by Gasteiger charge is -2.05. The van der Waals surface area contributed by atoms with Crippen LogP contribution >= 0.6 is 22.9 Å². The average Bonchev–Trinajstić information content (AvgIpc) is 2.86. The zero-order valence-electron chi connectivity index (χ0n) is 10.6. The molecule has 0 saturated carbocycles. The van der Waals surface area contributed by atoms with Crippen molar-refractivity contribution in [2.75, 3.05) is 10.6 Å². The normalized spacial score (nSPS) is 10.1. The van der Waals surface area contributed by atoms with Crippen molar-refractivity contribution in [1.82, 2.24) is 4.98 Å². The molecule has 2 N–H and O–H groups in total. The van der Waals surface area contributed by atoms with Gasteiger partial charge in [-0.25, -0.2) is 4.98 Å². The van der Waals surface area contributed by atoms with E-state index in [9.17, 15) is 9.59 Å². The molecule has 20 heavy (non-hydrogen) atoms. The van der Waals surface area contributed by atoms with Gasteiger partial charge >= 0.3 is 0 Å². The number of nitrogens with one attached hydrogen (secondary N) is 2. The molecule has 1 aromatic carbocycles. The summed E-state index contributed by atoms with van der Waals surface area (Å²) in [6.07, 6.45) is 0. The Morgan fingerprint density at radius 1 is 1.35 bits per heavy atom. The second-order valence-corrected chi connectivity index (χ2v) is 5.12. The summed E-state index contributed by atoms with van der Waals surface area (Å²) in [5.74, 6) is -0.161. The van der Waals surface area contributed by atoms with E-state index < -0.39 is 0 Å². The first-order valence-corrected chi connectivity index (χ1v) is 7.19. The number of aromatic nitrogens is 1. The van der Waals surface area contributed by atoms with E-state index in [2.05, 4.69) is 15.6 Å². The zero-order valence-corrected chi connectivity index (χ0v) is 12.2. The summed E-state index contributed by atoms with van der Waals surface area (Å²) in [6, 6.07) is 6.68. The summed E-state index contributed by atoms with van der Waals surface area (Å²) in [7, 11) is 0. The fourth-order valence-corrected chi connectivity index (χ4v) is 2.47. The number of halogens is 1. The van der Waals surface area contributed by atoms with Crippen molar-refractivity contribution in [3.8, 4) is 0 Å². The van der Waals surface area contributed by atoms with E-state index in [0.29, 0.717) is 22.3 Å². The Kier molecular flexibility index (Phi) is 4.70. The van der Waals surface area contributed by atoms with Gasteiger partial charge in [-0.15, -0.1) is 22.9 Å². The predicted molar refractivity (Wildman–Crippen MR) is 80.4 cm³/mol. The minimum Gasteiger partial charge on any atom is -0.326 e. The highest BCUT2D eigenvalue weighted by Gasteiger charge is 2.09. The minimum absolute atomic E-state index is 0.186. The third-order valence-electron chi connectivity index (χ3n) is 2.35. The monoisotopic (exact) mass is 309 g/mol. The topological polar surface area (TPSA) is 71.1 Å². The van der Waals surface area contributed by atoms with Crippen LogP contribution < -0.4 is 10.6 Å². The van der Waals surface area contributed by atoms with E-state index in [0.717, 1.165) is 5.69 Å². The molecule has 0 unspecified atom stereocenters. The summed E-state index contributed by atoms with van der Waals surface area (Å²) in [4.78, 5) is 27.2. The van der Waals surface area contributed by atoms with Crippen LogP contribution in [-0.2, 0) is 10.7 Å². The Hall–Kier alpha value is -1.92. The number of rotatable bonds is 4. The van der Waals surface area contributed by atoms with Crippen LogP contribution in [0.4, 0.5) is 10.8 Å². The summed E-state index contributed by atoms with van der Waals surface area (Å²) in [6.45, 7) is 1.41. The first-order valence-electron chi connectivity index (χ1n) is 5.78. The molecule has 0 aliphatic carbocycles. The van der Waals surface area contributed by atoms with Crippen molar-refractivity contribution in [3.05, 3.63) is 40.9 Å². The molecule has 0 spiro atoms. The molecule has 5 nitrogen and oxygen atoms in total. The molecule has 0 aliphatic heterocycles. The molecule has 2 rings (SSSR count). The number of nitrogens with zero attached hydrogens (tertiary/aromatic N) is 1. The summed E-state index contributed by atoms with van der Waals surface area (Å²) < 4.78 is 0. The maximum atomic E-state index is 12.1. The van der Waals surface area contributed by atoms with Crippen LogP contribution in [0.25, 0.3) is 0 Å². The van der Waals surface area contributed by atoms with Crippen LogP contribution in [0.5, 0.6) is 0 Å². The highest BCUT2D eigenvalue weighted by Crippen LogP contribution is 2.18. The Balaban J connectivity index is 2.10. The van der Waals surface area contributed by atoms with Gasteiger partial charge in [-0.05, 0) is 18.2 Å². The maximum Gasteiger partial charge on any atom is 0.257 e. The SMILES string of the molecule is CC(=O)Nc1cccc(C(=O)Nc2nc(CCl)cs2)c1. The zero-order chi connectivity index (χ0) is 14.5. The van der Waals surface area contributed by atoms with Crippen molar-refractivity contribution in [1.29, 1.82) is 0 Å². The maximum absolute atomic E-state index is 12.1. The second kappa shape index (κ2) is 6.49. The number of amides is 2. The van der Waals surface area contributed by atoms with Crippen LogP contribution in [-0.4, -0.2) is 16.8 Å². The lowest BCUT2D eigenvalue weighted by atomic mass is 10.2. The molecule has 0 aliphatic rings. The average molecular weight is 310 g/mol. The number of benzene rings is 1. The molecule has 104 valence electrons. The fraction of sp³-hybridized carbons (Fsp3) is 0.154. The predicted octanol–water partition coefficient (Wildman–Crippen LogP) is 3.09. The Bertz CT molecular complexity index is 642. The first kappa shape index (κ1) is 14.5. The van der Waals surface area contributed by atoms with Gasteiger partial charge in [0, 0.05) is 23.6 Å². The van der Waals surface area contributed by atoms with Gasteiger partial charge in [-0.3, -0.25) is 14.9 Å². The van der Waals surface area contributed by atoms with E-state index >= 15 is 0 Å². The van der Waals surface area contributed by atoms with Crippen molar-refractivity contribution in [2.24, 2.45) is 0 Å². The molecular formula is C13H12ClN3O2S. The van der Waals surface area contributed by atoms with E-state index in [1.54, 1.807) is 29.6 Å². The van der Waals surface area contributed by atoms with Crippen molar-refractivity contribution >= 4 is 45.6 Å². The van der Waals surface area contributed by atoms with E-state index in [1.165, 1.54) is 18.3 Å². The van der Waals surface area contributed by atoms with Crippen molar-refractivity contribution in [3.63, 3.8) is 0 Å². The third-order valence-corrected chi connectivity index (χ3v) is 3.43. The standard InChI is InChI=1S/C13H12ClN3O2S/c1-8(18)15-10-4-2-3-9(5-10)12(19)17-13-16-11(6-14)7-20-13/h2-5,7H,6H2,1H3,(H,15,18)(H,16,17,19). The molecule has 0 saturated heterocycles. The molecule has 2 amide bonds. The van der Waals surface area contributed by atoms with Gasteiger partial charge in [0.1, 0.15) is 0 Å². The van der Waals surface area contributed by atoms with Gasteiger partial charge in [-0.2, -0.15) is 0 Å². The lowest BCUT2D eigenvalue weighted by molar-refractivity contribution is -0.114. The van der Waals surface area contributed by atoms with Crippen molar-refractivity contribution in [2.45, 2.75) is 12.8 Å². The fourth-order valence-electron chi connectivity index (χ4n) is 1.54. The van der Waals surface area contributed by atoms with Gasteiger partial charge < -0.3 is 5.32 Å². The summed E-state index contributed by atoms with van der Waals surface area (Å²) >= 11 is 6.97. The van der Waals surface area contributed by atoms with Gasteiger partial charge in [0.25, 0.3) is 5.91 Å². The molecule has 1 aromatic heterocycles. The van der Waals surface area contributed by atoms with Crippen LogP contribution in [0.1, 0.15) is 23.0 Å². The quantitative estimate of drug-likeness (QED) is 0.853. The minimum atomic E-state index is -0.285. The molecule has 0 fully saturated rings. The summed E-state index contributed by atoms with van der Waals surface area (Å²) in [5.41, 5.74) is 1.74. The molecule has 2 aromatic rings. The Labute approximate surface area is 125 Å². The van der Waals surface area contributed by atoms with Crippen LogP contribution in [0, 0.1) is 0 Å². The highest BCUT2D eigenvalue weighted by molar-refractivity contribution is 7.14. The van der Waals surface area contributed by atoms with Crippen LogP contribution in [0.2, 0.25) is 0 Å². The van der Waals surface area contributed by atoms with Gasteiger partial charge in [0.15, 0.2) is 5.13 Å². The number of thiazole rings is 1. The molecular weight excluding hydrogens is 298 g/mol. The molecule has 0 radical (unpaired) electrons. The van der Waals surface area contributed by atoms with Gasteiger partial charge in [0.05, 0.1) is 11.6 Å². The molecule has 7 heteroatoms. The number of hydrogen-bond donors (Lipinski definition) is 2. The van der Waals surface area contributed by atoms with Gasteiger partial charge in [-0.1, -0.05) is 6.07 Å². The Morgan fingerprint density at radius 3 is 2.80 bits per heavy atom. The number of alkyl halides is 1. The van der Waals surface area contributed by atoms with E-state index in [-0.39, 0.29) is 11.8 Å². The van der Waals surface area contributed by atoms with Crippen LogP contribution in [0.15, 0.2) is 29.6 Å². The highest BCUT2D eigenvalue weighted by atomic mass is 35.5. The number of anilines is 2. The third kappa shape index (κ3) is 3.79. The van der Waals surface area contributed by atoms with Crippen LogP contribution in [0.3, 0.4) is 0 Å². The Morgan fingerprint density at radius 2 is 2.15 bits per heavy atom. The van der Waals surface area contributed by atoms with E-state index in [4.69, 9.17) is 11.6 Å². The molecule has 0 bridgehead atoms. The largest absolute Gasteiger partial charge is 0.326 e. The van der Waals surface area contributed by atoms with Gasteiger partial charge in [0.2, 0.25) is 5.91 Å².